The van der Waals surface area contributed by atoms with Crippen molar-refractivity contribution >= 4 is 17.8 Å². The van der Waals surface area contributed by atoms with E-state index in [-0.39, 0.29) is 5.69 Å². The first kappa shape index (κ1) is 12.2. The lowest BCUT2D eigenvalue weighted by molar-refractivity contribution is -0.385. The number of hydrogen-bond acceptors (Lipinski definition) is 4. The Kier molecular flexibility index (Phi) is 3.99. The molecule has 5 nitrogen and oxygen atoms in total. The van der Waals surface area contributed by atoms with Gasteiger partial charge >= 0.3 is 0 Å². The summed E-state index contributed by atoms with van der Waals surface area (Å²) in [6.45, 7) is 5.84. The van der Waals surface area contributed by atoms with Gasteiger partial charge in [-0.2, -0.15) is 0 Å². The van der Waals surface area contributed by atoms with Crippen LogP contribution in [0.3, 0.4) is 0 Å². The summed E-state index contributed by atoms with van der Waals surface area (Å²) < 4.78 is 4.97. The minimum absolute atomic E-state index is 0.0867. The van der Waals surface area contributed by atoms with Crippen molar-refractivity contribution in [1.29, 1.82) is 0 Å². The Labute approximate surface area is 93.9 Å². The maximum absolute atomic E-state index is 10.8. The largest absolute Gasteiger partial charge is 0.483 e. The van der Waals surface area contributed by atoms with Gasteiger partial charge < -0.3 is 4.74 Å². The van der Waals surface area contributed by atoms with Crippen LogP contribution >= 0.6 is 0 Å². The predicted octanol–water partition coefficient (Wildman–Crippen LogP) is 2.91. The van der Waals surface area contributed by atoms with Gasteiger partial charge in [-0.25, -0.2) is 4.99 Å². The molecule has 0 atom stereocenters. The van der Waals surface area contributed by atoms with E-state index in [1.165, 1.54) is 12.5 Å². The zero-order chi connectivity index (χ0) is 12.1. The van der Waals surface area contributed by atoms with Gasteiger partial charge in [0.15, 0.2) is 6.40 Å². The average Bonchev–Trinajstić information content (AvgIpc) is 2.22. The fourth-order valence-corrected chi connectivity index (χ4v) is 1.31. The summed E-state index contributed by atoms with van der Waals surface area (Å²) in [5, 5.41) is 10.8. The molecule has 0 aliphatic heterocycles. The third-order valence-electron chi connectivity index (χ3n) is 2.13. The van der Waals surface area contributed by atoms with Crippen molar-refractivity contribution in [2.45, 2.75) is 20.8 Å². The van der Waals surface area contributed by atoms with Crippen LogP contribution in [-0.2, 0) is 4.74 Å². The summed E-state index contributed by atoms with van der Waals surface area (Å²) >= 11 is 0. The van der Waals surface area contributed by atoms with Gasteiger partial charge in [-0.15, -0.1) is 0 Å². The molecule has 0 spiro atoms. The lowest BCUT2D eigenvalue weighted by atomic mass is 10.1. The highest BCUT2D eigenvalue weighted by molar-refractivity contribution is 5.64. The molecule has 0 fully saturated rings. The molecule has 1 aromatic rings. The van der Waals surface area contributed by atoms with Crippen molar-refractivity contribution < 1.29 is 9.66 Å². The van der Waals surface area contributed by atoms with Crippen molar-refractivity contribution in [1.82, 2.24) is 0 Å². The minimum Gasteiger partial charge on any atom is -0.483 e. The molecule has 86 valence electrons. The van der Waals surface area contributed by atoms with Gasteiger partial charge in [0.05, 0.1) is 22.8 Å². The summed E-state index contributed by atoms with van der Waals surface area (Å²) in [6.07, 6.45) is 1.31. The maximum atomic E-state index is 10.8. The number of nitro benzene ring substituents is 1. The van der Waals surface area contributed by atoms with Crippen molar-refractivity contribution in [3.8, 4) is 0 Å². The average molecular weight is 222 g/mol. The number of nitrogens with zero attached hydrogens (tertiary/aromatic N) is 2. The molecule has 1 aromatic carbocycles. The van der Waals surface area contributed by atoms with Crippen LogP contribution in [0.2, 0.25) is 0 Å². The van der Waals surface area contributed by atoms with E-state index in [0.717, 1.165) is 5.56 Å². The van der Waals surface area contributed by atoms with Gasteiger partial charge in [0.2, 0.25) is 0 Å². The molecule has 0 unspecified atom stereocenters. The predicted molar refractivity (Wildman–Crippen MR) is 62.3 cm³/mol. The highest BCUT2D eigenvalue weighted by Gasteiger charge is 2.14. The first-order valence-electron chi connectivity index (χ1n) is 4.96. The maximum Gasteiger partial charge on any atom is 0.274 e. The number of rotatable bonds is 4. The molecule has 0 aliphatic carbocycles. The van der Waals surface area contributed by atoms with Gasteiger partial charge in [0.1, 0.15) is 0 Å². The first-order chi connectivity index (χ1) is 7.56. The number of nitro groups is 1. The zero-order valence-corrected chi connectivity index (χ0v) is 9.56. The normalized spacial score (nSPS) is 10.7. The fraction of sp³-hybridized carbons (Fsp3) is 0.364. The van der Waals surface area contributed by atoms with Crippen molar-refractivity contribution in [2.24, 2.45) is 4.99 Å². The highest BCUT2D eigenvalue weighted by atomic mass is 16.6. The Hall–Kier alpha value is -1.91. The smallest absolute Gasteiger partial charge is 0.274 e. The van der Waals surface area contributed by atoms with Crippen LogP contribution < -0.4 is 0 Å². The minimum atomic E-state index is -0.401. The van der Waals surface area contributed by atoms with Gasteiger partial charge in [0.25, 0.3) is 5.69 Å². The molecule has 0 amide bonds. The number of benzene rings is 1. The van der Waals surface area contributed by atoms with Gasteiger partial charge in [0, 0.05) is 6.07 Å². The van der Waals surface area contributed by atoms with Crippen molar-refractivity contribution in [2.75, 3.05) is 6.61 Å². The Bertz CT molecular complexity index is 427. The number of aryl methyl sites for hydroxylation is 1. The molecule has 1 rings (SSSR count). The standard InChI is InChI=1S/C11H14N2O3/c1-4-16-7-12-10-5-8(2)6-11(9(10)3)13(14)15/h5-7H,4H2,1-3H3. The van der Waals surface area contributed by atoms with Crippen LogP contribution in [0.15, 0.2) is 17.1 Å². The van der Waals surface area contributed by atoms with E-state index in [4.69, 9.17) is 4.74 Å². The Morgan fingerprint density at radius 1 is 1.50 bits per heavy atom. The lowest BCUT2D eigenvalue weighted by Gasteiger charge is -2.03. The quantitative estimate of drug-likeness (QED) is 0.340. The Balaban J connectivity index is 3.14. The third kappa shape index (κ3) is 2.79. The Morgan fingerprint density at radius 2 is 2.19 bits per heavy atom. The van der Waals surface area contributed by atoms with E-state index in [9.17, 15) is 10.1 Å². The zero-order valence-electron chi connectivity index (χ0n) is 9.56. The van der Waals surface area contributed by atoms with Gasteiger partial charge in [-0.3, -0.25) is 10.1 Å². The molecule has 0 saturated carbocycles. The molecule has 0 saturated heterocycles. The van der Waals surface area contributed by atoms with E-state index in [0.29, 0.717) is 17.9 Å². The second-order valence-corrected chi connectivity index (χ2v) is 3.38. The second kappa shape index (κ2) is 5.25. The molecule has 0 N–H and O–H groups in total. The summed E-state index contributed by atoms with van der Waals surface area (Å²) in [5.41, 5.74) is 2.01. The van der Waals surface area contributed by atoms with E-state index in [2.05, 4.69) is 4.99 Å². The van der Waals surface area contributed by atoms with Crippen LogP contribution in [0.1, 0.15) is 18.1 Å². The molecule has 0 aliphatic rings. The van der Waals surface area contributed by atoms with E-state index >= 15 is 0 Å². The molecular weight excluding hydrogens is 208 g/mol. The van der Waals surface area contributed by atoms with E-state index < -0.39 is 4.92 Å². The topological polar surface area (TPSA) is 64.7 Å². The molecule has 0 aromatic heterocycles. The summed E-state index contributed by atoms with van der Waals surface area (Å²) in [6, 6.07) is 3.33. The SMILES string of the molecule is CCOC=Nc1cc(C)cc([N+](=O)[O-])c1C. The molecule has 16 heavy (non-hydrogen) atoms. The number of hydrogen-bond donors (Lipinski definition) is 0. The first-order valence-corrected chi connectivity index (χ1v) is 4.96. The summed E-state index contributed by atoms with van der Waals surface area (Å²) in [5.74, 6) is 0. The second-order valence-electron chi connectivity index (χ2n) is 3.38. The van der Waals surface area contributed by atoms with Crippen molar-refractivity contribution in [3.05, 3.63) is 33.4 Å². The summed E-state index contributed by atoms with van der Waals surface area (Å²) in [4.78, 5) is 14.4. The molecule has 0 radical (unpaired) electrons. The van der Waals surface area contributed by atoms with Crippen LogP contribution in [0.25, 0.3) is 0 Å². The van der Waals surface area contributed by atoms with Crippen LogP contribution in [0, 0.1) is 24.0 Å². The van der Waals surface area contributed by atoms with E-state index in [1.54, 1.807) is 19.9 Å². The van der Waals surface area contributed by atoms with E-state index in [1.807, 2.05) is 6.92 Å². The number of ether oxygens (including phenoxy) is 1. The molecule has 5 heteroatoms. The number of aliphatic imine (C=N–C) groups is 1. The highest BCUT2D eigenvalue weighted by Crippen LogP contribution is 2.29. The van der Waals surface area contributed by atoms with Gasteiger partial charge in [-0.1, -0.05) is 0 Å². The summed E-state index contributed by atoms with van der Waals surface area (Å²) in [7, 11) is 0. The molecular formula is C11H14N2O3. The monoisotopic (exact) mass is 222 g/mol. The van der Waals surface area contributed by atoms with Crippen LogP contribution in [-0.4, -0.2) is 17.9 Å². The van der Waals surface area contributed by atoms with Crippen LogP contribution in [0.4, 0.5) is 11.4 Å². The fourth-order valence-electron chi connectivity index (χ4n) is 1.31. The van der Waals surface area contributed by atoms with Crippen molar-refractivity contribution in [3.63, 3.8) is 0 Å². The third-order valence-corrected chi connectivity index (χ3v) is 2.13. The lowest BCUT2D eigenvalue weighted by Crippen LogP contribution is -1.93. The Morgan fingerprint density at radius 3 is 2.75 bits per heavy atom. The van der Waals surface area contributed by atoms with Gasteiger partial charge in [-0.05, 0) is 32.4 Å². The van der Waals surface area contributed by atoms with Crippen LogP contribution in [0.5, 0.6) is 0 Å². The molecule has 0 bridgehead atoms. The molecule has 0 heterocycles.